The van der Waals surface area contributed by atoms with Crippen LogP contribution in [0.4, 0.5) is 0 Å². The molecule has 1 rings (SSSR count). The third-order valence-electron chi connectivity index (χ3n) is 4.58. The molecule has 0 aromatic heterocycles. The molecular formula is C15H30N2O2. The molecule has 1 fully saturated rings. The van der Waals surface area contributed by atoms with Crippen LogP contribution in [-0.2, 0) is 4.79 Å². The van der Waals surface area contributed by atoms with Crippen molar-refractivity contribution in [1.82, 2.24) is 10.2 Å². The Balaban J connectivity index is 2.46. The minimum Gasteiger partial charge on any atom is -0.480 e. The van der Waals surface area contributed by atoms with Crippen LogP contribution in [0.2, 0.25) is 0 Å². The summed E-state index contributed by atoms with van der Waals surface area (Å²) in [6, 6.07) is 0. The number of nitrogens with one attached hydrogen (secondary N) is 1. The molecule has 19 heavy (non-hydrogen) atoms. The van der Waals surface area contributed by atoms with Gasteiger partial charge in [-0.15, -0.1) is 0 Å². The molecule has 3 atom stereocenters. The monoisotopic (exact) mass is 270 g/mol. The average molecular weight is 270 g/mol. The van der Waals surface area contributed by atoms with Gasteiger partial charge in [-0.25, -0.2) is 0 Å². The summed E-state index contributed by atoms with van der Waals surface area (Å²) in [5, 5.41) is 12.6. The molecule has 0 saturated carbocycles. The van der Waals surface area contributed by atoms with Crippen molar-refractivity contribution < 1.29 is 9.90 Å². The van der Waals surface area contributed by atoms with Gasteiger partial charge in [0.05, 0.1) is 0 Å². The first-order valence-electron chi connectivity index (χ1n) is 7.60. The molecular weight excluding hydrogens is 240 g/mol. The molecule has 4 heteroatoms. The second-order valence-electron chi connectivity index (χ2n) is 6.36. The van der Waals surface area contributed by atoms with Gasteiger partial charge in [-0.2, -0.15) is 0 Å². The number of rotatable bonds is 7. The van der Waals surface area contributed by atoms with Gasteiger partial charge in [0, 0.05) is 13.1 Å². The third-order valence-corrected chi connectivity index (χ3v) is 4.58. The maximum atomic E-state index is 11.4. The van der Waals surface area contributed by atoms with E-state index in [2.05, 4.69) is 31.0 Å². The van der Waals surface area contributed by atoms with Gasteiger partial charge in [0.2, 0.25) is 0 Å². The van der Waals surface area contributed by atoms with E-state index in [-0.39, 0.29) is 0 Å². The highest BCUT2D eigenvalue weighted by Crippen LogP contribution is 2.23. The lowest BCUT2D eigenvalue weighted by Crippen LogP contribution is -2.52. The zero-order valence-corrected chi connectivity index (χ0v) is 12.9. The third kappa shape index (κ3) is 4.77. The zero-order valence-electron chi connectivity index (χ0n) is 12.9. The fourth-order valence-electron chi connectivity index (χ4n) is 2.61. The fraction of sp³-hybridized carbons (Fsp3) is 0.933. The Morgan fingerprint density at radius 2 is 2.11 bits per heavy atom. The van der Waals surface area contributed by atoms with E-state index in [0.29, 0.717) is 12.3 Å². The van der Waals surface area contributed by atoms with Crippen molar-refractivity contribution in [2.24, 2.45) is 11.8 Å². The molecule has 1 saturated heterocycles. The number of carbonyl (C=O) groups is 1. The van der Waals surface area contributed by atoms with Crippen LogP contribution < -0.4 is 5.32 Å². The first kappa shape index (κ1) is 16.4. The summed E-state index contributed by atoms with van der Waals surface area (Å²) >= 11 is 0. The van der Waals surface area contributed by atoms with E-state index in [1.165, 1.54) is 6.42 Å². The molecule has 2 N–H and O–H groups in total. The molecule has 0 aliphatic carbocycles. The molecule has 0 radical (unpaired) electrons. The predicted octanol–water partition coefficient (Wildman–Crippen LogP) is 2.20. The minimum atomic E-state index is -0.789. The van der Waals surface area contributed by atoms with Crippen LogP contribution in [-0.4, -0.2) is 47.7 Å². The molecule has 3 unspecified atom stereocenters. The van der Waals surface area contributed by atoms with E-state index < -0.39 is 11.5 Å². The standard InChI is InChI=1S/C15H30N2O2/c1-5-8-16-15(4,14(18)19)7-10-17-9-6-12(2)13(3)11-17/h12-13,16H,5-11H2,1-4H3,(H,18,19). The number of carboxylic acids is 1. The first-order chi connectivity index (χ1) is 8.89. The number of carboxylic acid groups (broad SMARTS) is 1. The highest BCUT2D eigenvalue weighted by Gasteiger charge is 2.33. The summed E-state index contributed by atoms with van der Waals surface area (Å²) < 4.78 is 0. The highest BCUT2D eigenvalue weighted by molar-refractivity contribution is 5.78. The smallest absolute Gasteiger partial charge is 0.323 e. The van der Waals surface area contributed by atoms with Gasteiger partial charge < -0.3 is 15.3 Å². The number of hydrogen-bond donors (Lipinski definition) is 2. The molecule has 0 aromatic carbocycles. The van der Waals surface area contributed by atoms with Crippen LogP contribution in [0.1, 0.15) is 47.0 Å². The molecule has 0 spiro atoms. The minimum absolute atomic E-state index is 0.670. The predicted molar refractivity (Wildman–Crippen MR) is 78.3 cm³/mol. The van der Waals surface area contributed by atoms with Crippen LogP contribution in [0.15, 0.2) is 0 Å². The van der Waals surface area contributed by atoms with Crippen molar-refractivity contribution in [2.75, 3.05) is 26.2 Å². The van der Waals surface area contributed by atoms with E-state index in [4.69, 9.17) is 0 Å². The molecule has 1 aliphatic heterocycles. The van der Waals surface area contributed by atoms with Crippen molar-refractivity contribution in [3.63, 3.8) is 0 Å². The van der Waals surface area contributed by atoms with Crippen LogP contribution in [0.3, 0.4) is 0 Å². The van der Waals surface area contributed by atoms with Gasteiger partial charge in [-0.1, -0.05) is 20.8 Å². The number of likely N-dealkylation sites (tertiary alicyclic amines) is 1. The number of piperidine rings is 1. The van der Waals surface area contributed by atoms with Crippen molar-refractivity contribution >= 4 is 5.97 Å². The summed E-state index contributed by atoms with van der Waals surface area (Å²) in [6.45, 7) is 12.3. The fourth-order valence-corrected chi connectivity index (χ4v) is 2.61. The molecule has 0 amide bonds. The summed E-state index contributed by atoms with van der Waals surface area (Å²) in [6.07, 6.45) is 2.86. The Kier molecular flexibility index (Phi) is 6.27. The van der Waals surface area contributed by atoms with E-state index in [9.17, 15) is 9.90 Å². The van der Waals surface area contributed by atoms with Gasteiger partial charge in [0.25, 0.3) is 0 Å². The Hall–Kier alpha value is -0.610. The maximum absolute atomic E-state index is 11.4. The van der Waals surface area contributed by atoms with Gasteiger partial charge >= 0.3 is 5.97 Å². The summed E-state index contributed by atoms with van der Waals surface area (Å²) in [5.41, 5.74) is -0.789. The first-order valence-corrected chi connectivity index (χ1v) is 7.60. The van der Waals surface area contributed by atoms with Gasteiger partial charge in [-0.05, 0) is 51.1 Å². The quantitative estimate of drug-likeness (QED) is 0.744. The molecule has 112 valence electrons. The van der Waals surface area contributed by atoms with Gasteiger partial charge in [0.1, 0.15) is 5.54 Å². The lowest BCUT2D eigenvalue weighted by molar-refractivity contribution is -0.144. The summed E-state index contributed by atoms with van der Waals surface area (Å²) in [7, 11) is 0. The van der Waals surface area contributed by atoms with Gasteiger partial charge in [0.15, 0.2) is 0 Å². The number of aliphatic carboxylic acids is 1. The second kappa shape index (κ2) is 7.25. The maximum Gasteiger partial charge on any atom is 0.323 e. The van der Waals surface area contributed by atoms with Crippen molar-refractivity contribution in [3.8, 4) is 0 Å². The topological polar surface area (TPSA) is 52.6 Å². The molecule has 1 aliphatic rings. The van der Waals surface area contributed by atoms with E-state index in [1.807, 2.05) is 0 Å². The van der Waals surface area contributed by atoms with Crippen molar-refractivity contribution in [3.05, 3.63) is 0 Å². The van der Waals surface area contributed by atoms with E-state index >= 15 is 0 Å². The average Bonchev–Trinajstić information content (AvgIpc) is 2.37. The lowest BCUT2D eigenvalue weighted by atomic mass is 9.88. The zero-order chi connectivity index (χ0) is 14.5. The van der Waals surface area contributed by atoms with Crippen LogP contribution in [0.25, 0.3) is 0 Å². The van der Waals surface area contributed by atoms with Gasteiger partial charge in [-0.3, -0.25) is 4.79 Å². The Morgan fingerprint density at radius 1 is 1.42 bits per heavy atom. The van der Waals surface area contributed by atoms with Crippen molar-refractivity contribution in [2.45, 2.75) is 52.5 Å². The SMILES string of the molecule is CCCNC(C)(CCN1CCC(C)C(C)C1)C(=O)O. The van der Waals surface area contributed by atoms with E-state index in [1.54, 1.807) is 6.92 Å². The highest BCUT2D eigenvalue weighted by atomic mass is 16.4. The Morgan fingerprint density at radius 3 is 2.63 bits per heavy atom. The molecule has 4 nitrogen and oxygen atoms in total. The molecule has 0 aromatic rings. The Bertz CT molecular complexity index is 296. The largest absolute Gasteiger partial charge is 0.480 e. The lowest BCUT2D eigenvalue weighted by Gasteiger charge is -2.37. The Labute approximate surface area is 117 Å². The van der Waals surface area contributed by atoms with Crippen molar-refractivity contribution in [1.29, 1.82) is 0 Å². The van der Waals surface area contributed by atoms with Crippen LogP contribution in [0.5, 0.6) is 0 Å². The number of nitrogens with zero attached hydrogens (tertiary/aromatic N) is 1. The summed E-state index contributed by atoms with van der Waals surface area (Å²) in [4.78, 5) is 13.9. The van der Waals surface area contributed by atoms with Crippen LogP contribution >= 0.6 is 0 Å². The number of hydrogen-bond acceptors (Lipinski definition) is 3. The second-order valence-corrected chi connectivity index (χ2v) is 6.36. The van der Waals surface area contributed by atoms with Crippen LogP contribution in [0, 0.1) is 11.8 Å². The normalized spacial score (nSPS) is 28.0. The van der Waals surface area contributed by atoms with E-state index in [0.717, 1.165) is 38.5 Å². The molecule has 1 heterocycles. The molecule has 0 bridgehead atoms. The summed E-state index contributed by atoms with van der Waals surface area (Å²) in [5.74, 6) is 0.771.